The molecule has 1 heterocycles. The molecule has 1 saturated carbocycles. The maximum atomic E-state index is 13.6. The Morgan fingerprint density at radius 2 is 1.89 bits per heavy atom. The number of aliphatic hydroxyl groups excluding tert-OH is 1. The highest BCUT2D eigenvalue weighted by Gasteiger charge is 2.33. The Hall–Kier alpha value is -1.78. The highest BCUT2D eigenvalue weighted by molar-refractivity contribution is 5.74. The van der Waals surface area contributed by atoms with Crippen molar-refractivity contribution in [3.63, 3.8) is 0 Å². The number of aromatic nitrogens is 1. The average molecular weight is 384 g/mol. The van der Waals surface area contributed by atoms with Crippen LogP contribution < -0.4 is 0 Å². The van der Waals surface area contributed by atoms with Crippen molar-refractivity contribution in [2.45, 2.75) is 63.9 Å². The minimum atomic E-state index is -0.556. The van der Waals surface area contributed by atoms with Crippen LogP contribution in [0.1, 0.15) is 73.6 Å². The molecule has 2 aromatic rings. The van der Waals surface area contributed by atoms with Gasteiger partial charge in [0.05, 0.1) is 6.10 Å². The minimum Gasteiger partial charge on any atom is -0.388 e. The first kappa shape index (κ1) is 19.5. The van der Waals surface area contributed by atoms with Crippen molar-refractivity contribution in [3.8, 4) is 11.1 Å². The molecule has 1 fully saturated rings. The quantitative estimate of drug-likeness (QED) is 0.757. The van der Waals surface area contributed by atoms with Crippen molar-refractivity contribution >= 4 is 0 Å². The summed E-state index contributed by atoms with van der Waals surface area (Å²) in [5, 5.41) is 11.1. The molecule has 4 heteroatoms. The van der Waals surface area contributed by atoms with Crippen molar-refractivity contribution < 1.29 is 14.2 Å². The van der Waals surface area contributed by atoms with E-state index in [2.05, 4.69) is 6.92 Å². The molecule has 1 aromatic carbocycles. The second-order valence-corrected chi connectivity index (χ2v) is 8.33. The first-order valence-corrected chi connectivity index (χ1v) is 10.6. The van der Waals surface area contributed by atoms with Gasteiger partial charge in [0.25, 0.3) is 0 Å². The molecule has 3 nitrogen and oxygen atoms in total. The first-order valence-electron chi connectivity index (χ1n) is 10.6. The molecule has 0 radical (unpaired) electrons. The number of rotatable bonds is 5. The van der Waals surface area contributed by atoms with Gasteiger partial charge in [-0.3, -0.25) is 4.98 Å². The van der Waals surface area contributed by atoms with Crippen LogP contribution in [0.15, 0.2) is 24.3 Å². The van der Waals surface area contributed by atoms with E-state index in [0.717, 1.165) is 35.2 Å². The molecule has 150 valence electrons. The Kier molecular flexibility index (Phi) is 5.79. The van der Waals surface area contributed by atoms with E-state index in [1.807, 2.05) is 12.1 Å². The Morgan fingerprint density at radius 1 is 1.18 bits per heavy atom. The maximum Gasteiger partial charge on any atom is 0.123 e. The molecule has 2 atom stereocenters. The summed E-state index contributed by atoms with van der Waals surface area (Å²) in [6, 6.07) is 6.71. The van der Waals surface area contributed by atoms with E-state index in [1.54, 1.807) is 7.11 Å². The molecule has 0 bridgehead atoms. The summed E-state index contributed by atoms with van der Waals surface area (Å²) in [6.45, 7) is 2.80. The fourth-order valence-electron chi connectivity index (χ4n) is 5.22. The second kappa shape index (κ2) is 8.30. The third-order valence-corrected chi connectivity index (χ3v) is 6.45. The zero-order chi connectivity index (χ0) is 19.7. The fourth-order valence-corrected chi connectivity index (χ4v) is 5.22. The van der Waals surface area contributed by atoms with Crippen molar-refractivity contribution in [1.82, 2.24) is 4.98 Å². The van der Waals surface area contributed by atoms with Gasteiger partial charge in [0.2, 0.25) is 0 Å². The summed E-state index contributed by atoms with van der Waals surface area (Å²) >= 11 is 0. The molecule has 0 amide bonds. The van der Waals surface area contributed by atoms with Crippen molar-refractivity contribution in [2.24, 2.45) is 5.92 Å². The lowest BCUT2D eigenvalue weighted by Gasteiger charge is -2.32. The summed E-state index contributed by atoms with van der Waals surface area (Å²) in [7, 11) is 1.71. The van der Waals surface area contributed by atoms with Crippen LogP contribution in [0.5, 0.6) is 0 Å². The van der Waals surface area contributed by atoms with Crippen molar-refractivity contribution in [2.75, 3.05) is 13.7 Å². The molecule has 0 spiro atoms. The Balaban J connectivity index is 1.92. The van der Waals surface area contributed by atoms with Crippen LogP contribution in [0, 0.1) is 11.7 Å². The third-order valence-electron chi connectivity index (χ3n) is 6.45. The lowest BCUT2D eigenvalue weighted by molar-refractivity contribution is 0.0836. The summed E-state index contributed by atoms with van der Waals surface area (Å²) in [5.41, 5.74) is 6.50. The van der Waals surface area contributed by atoms with Crippen LogP contribution in [0.25, 0.3) is 11.1 Å². The fraction of sp³-hybridized carbons (Fsp3) is 0.542. The largest absolute Gasteiger partial charge is 0.388 e. The van der Waals surface area contributed by atoms with Crippen LogP contribution >= 0.6 is 0 Å². The number of benzene rings is 1. The van der Waals surface area contributed by atoms with E-state index in [1.165, 1.54) is 49.1 Å². The van der Waals surface area contributed by atoms with Gasteiger partial charge in [-0.05, 0) is 66.8 Å². The van der Waals surface area contributed by atoms with Gasteiger partial charge in [0.1, 0.15) is 5.82 Å². The first-order chi connectivity index (χ1) is 13.6. The third kappa shape index (κ3) is 3.60. The molecule has 0 aliphatic heterocycles. The lowest BCUT2D eigenvalue weighted by Crippen LogP contribution is -2.25. The highest BCUT2D eigenvalue weighted by Crippen LogP contribution is 2.45. The summed E-state index contributed by atoms with van der Waals surface area (Å²) in [4.78, 5) is 5.16. The average Bonchev–Trinajstić information content (AvgIpc) is 3.22. The summed E-state index contributed by atoms with van der Waals surface area (Å²) in [6.07, 6.45) is 6.71. The van der Waals surface area contributed by atoms with Gasteiger partial charge in [-0.2, -0.15) is 0 Å². The monoisotopic (exact) mass is 383 g/mol. The molecule has 1 N–H and O–H groups in total. The Labute approximate surface area is 167 Å². The molecular formula is C24H30FNO2. The van der Waals surface area contributed by atoms with E-state index >= 15 is 0 Å². The zero-order valence-corrected chi connectivity index (χ0v) is 16.9. The number of ether oxygens (including phenoxy) is 1. The van der Waals surface area contributed by atoms with E-state index in [-0.39, 0.29) is 11.7 Å². The molecule has 2 unspecified atom stereocenters. The van der Waals surface area contributed by atoms with Gasteiger partial charge < -0.3 is 9.84 Å². The number of hydrogen-bond acceptors (Lipinski definition) is 3. The van der Waals surface area contributed by atoms with Crippen LogP contribution in [0.2, 0.25) is 0 Å². The van der Waals surface area contributed by atoms with Gasteiger partial charge in [0.15, 0.2) is 0 Å². The highest BCUT2D eigenvalue weighted by atomic mass is 19.1. The summed E-state index contributed by atoms with van der Waals surface area (Å²) < 4.78 is 19.0. The number of pyridine rings is 1. The summed E-state index contributed by atoms with van der Waals surface area (Å²) in [5.74, 6) is 0.547. The van der Waals surface area contributed by atoms with Gasteiger partial charge >= 0.3 is 0 Å². The van der Waals surface area contributed by atoms with Crippen molar-refractivity contribution in [1.29, 1.82) is 0 Å². The van der Waals surface area contributed by atoms with Gasteiger partial charge in [-0.1, -0.05) is 31.9 Å². The smallest absolute Gasteiger partial charge is 0.123 e. The predicted molar refractivity (Wildman–Crippen MR) is 109 cm³/mol. The molecular weight excluding hydrogens is 353 g/mol. The lowest BCUT2D eigenvalue weighted by atomic mass is 9.78. The van der Waals surface area contributed by atoms with Crippen LogP contribution in [-0.4, -0.2) is 23.8 Å². The zero-order valence-electron chi connectivity index (χ0n) is 16.9. The Morgan fingerprint density at radius 3 is 2.54 bits per heavy atom. The number of halogens is 1. The molecule has 0 saturated heterocycles. The molecule has 2 aliphatic carbocycles. The topological polar surface area (TPSA) is 42.4 Å². The number of aliphatic hydroxyl groups is 1. The number of methoxy groups -OCH3 is 1. The molecule has 2 aliphatic rings. The second-order valence-electron chi connectivity index (χ2n) is 8.33. The molecule has 1 aromatic heterocycles. The number of fused-ring (bicyclic) bond motifs is 1. The van der Waals surface area contributed by atoms with E-state index in [4.69, 9.17) is 9.72 Å². The van der Waals surface area contributed by atoms with E-state index in [9.17, 15) is 9.50 Å². The number of hydrogen-bond donors (Lipinski definition) is 1. The standard InChI is InChI=1S/C24H30FNO2/c1-3-19-22(16-8-10-18(25)11-9-16)23-20(12-15(14-28-2)13-21(23)27)26-24(19)17-6-4-5-7-17/h8-11,15,17,21,27H,3-7,12-14H2,1-2H3. The molecule has 4 rings (SSSR count). The van der Waals surface area contributed by atoms with Gasteiger partial charge in [-0.25, -0.2) is 4.39 Å². The maximum absolute atomic E-state index is 13.6. The van der Waals surface area contributed by atoms with E-state index < -0.39 is 6.10 Å². The molecule has 28 heavy (non-hydrogen) atoms. The predicted octanol–water partition coefficient (Wildman–Crippen LogP) is 5.35. The van der Waals surface area contributed by atoms with Gasteiger partial charge in [-0.15, -0.1) is 0 Å². The van der Waals surface area contributed by atoms with Crippen LogP contribution in [0.3, 0.4) is 0 Å². The van der Waals surface area contributed by atoms with Crippen LogP contribution in [-0.2, 0) is 17.6 Å². The Bertz CT molecular complexity index is 827. The minimum absolute atomic E-state index is 0.235. The van der Waals surface area contributed by atoms with Gasteiger partial charge in [0, 0.05) is 36.6 Å². The van der Waals surface area contributed by atoms with Crippen LogP contribution in [0.4, 0.5) is 4.39 Å². The SMILES string of the molecule is CCc1c(C2CCCC2)nc2c(c1-c1ccc(F)cc1)C(O)CC(COC)C2. The number of nitrogens with zero attached hydrogens (tertiary/aromatic N) is 1. The van der Waals surface area contributed by atoms with Crippen molar-refractivity contribution in [3.05, 3.63) is 52.6 Å². The van der Waals surface area contributed by atoms with E-state index in [0.29, 0.717) is 18.9 Å². The normalized spacial score (nSPS) is 22.4.